The van der Waals surface area contributed by atoms with E-state index in [1.165, 1.54) is 34.1 Å². The Kier molecular flexibility index (Phi) is 21.5. The van der Waals surface area contributed by atoms with Crippen LogP contribution in [0.15, 0.2) is 23.8 Å². The summed E-state index contributed by atoms with van der Waals surface area (Å²) in [6, 6.07) is -0.777. The molecule has 0 radical (unpaired) electrons. The summed E-state index contributed by atoms with van der Waals surface area (Å²) in [7, 11) is 6.41. The minimum atomic E-state index is -1.51. The van der Waals surface area contributed by atoms with E-state index in [9.17, 15) is 39.6 Å². The predicted molar refractivity (Wildman–Crippen MR) is 240 cm³/mol. The molecule has 4 aliphatic heterocycles. The molecule has 19 heteroatoms. The number of hydrogen-bond donors (Lipinski definition) is 4. The summed E-state index contributed by atoms with van der Waals surface area (Å²) in [4.78, 5) is 54.9. The molecule has 4 rings (SSSR count). The van der Waals surface area contributed by atoms with E-state index in [-0.39, 0.29) is 31.7 Å². The maximum atomic E-state index is 14.1. The van der Waals surface area contributed by atoms with Crippen LogP contribution in [0, 0.1) is 23.7 Å². The Balaban J connectivity index is 1.69. The SMILES string of the molecule is CC[C@H]1OC(=O)C[C@@H](OC(C)=O)[C@H](C)[C@@H](OC2OC(C)C(OC3CC(C)(O)C(O)C(C)O3)C(N(C)C)C2O)[C@@H](CC=O)C[C@@H](C)C(=O)/C=C/C(C)=C/[C@@H]1COC1OC(C)C(O)C(OC)C1OC. The van der Waals surface area contributed by atoms with Gasteiger partial charge in [0.1, 0.15) is 55.1 Å². The fraction of sp³-hybridized carbons (Fsp3) is 0.833. The second-order valence-electron chi connectivity index (χ2n) is 19.3. The van der Waals surface area contributed by atoms with Crippen LogP contribution < -0.4 is 0 Å². The van der Waals surface area contributed by atoms with Gasteiger partial charge in [0.15, 0.2) is 24.7 Å². The minimum absolute atomic E-state index is 0.0309. The molecule has 3 saturated heterocycles. The zero-order chi connectivity index (χ0) is 50.1. The highest BCUT2D eigenvalue weighted by molar-refractivity contribution is 5.91. The number of ether oxygens (including phenoxy) is 10. The van der Waals surface area contributed by atoms with Gasteiger partial charge in [0.05, 0.1) is 49.1 Å². The van der Waals surface area contributed by atoms with Gasteiger partial charge in [0.2, 0.25) is 0 Å². The first kappa shape index (κ1) is 56.8. The van der Waals surface area contributed by atoms with Crippen LogP contribution in [-0.2, 0) is 66.5 Å². The Morgan fingerprint density at radius 2 is 1.55 bits per heavy atom. The molecule has 67 heavy (non-hydrogen) atoms. The molecule has 0 spiro atoms. The highest BCUT2D eigenvalue weighted by Gasteiger charge is 2.52. The van der Waals surface area contributed by atoms with E-state index in [4.69, 9.17) is 47.4 Å². The second-order valence-corrected chi connectivity index (χ2v) is 19.3. The lowest BCUT2D eigenvalue weighted by molar-refractivity contribution is -0.342. The summed E-state index contributed by atoms with van der Waals surface area (Å²) >= 11 is 0. The summed E-state index contributed by atoms with van der Waals surface area (Å²) < 4.78 is 60.9. The van der Waals surface area contributed by atoms with Crippen LogP contribution in [0.5, 0.6) is 0 Å². The quantitative estimate of drug-likeness (QED) is 0.144. The molecule has 384 valence electrons. The third-order valence-corrected chi connectivity index (χ3v) is 13.7. The lowest BCUT2D eigenvalue weighted by atomic mass is 9.79. The number of cyclic esters (lactones) is 1. The van der Waals surface area contributed by atoms with E-state index in [1.54, 1.807) is 66.6 Å². The van der Waals surface area contributed by atoms with E-state index in [2.05, 4.69) is 0 Å². The number of aldehydes is 1. The number of esters is 2. The van der Waals surface area contributed by atoms with E-state index >= 15 is 0 Å². The Morgan fingerprint density at radius 1 is 0.896 bits per heavy atom. The smallest absolute Gasteiger partial charge is 0.309 e. The molecule has 0 saturated carbocycles. The largest absolute Gasteiger partial charge is 0.462 e. The Bertz CT molecular complexity index is 1670. The molecule has 0 aliphatic carbocycles. The lowest BCUT2D eigenvalue weighted by Crippen LogP contribution is -2.65. The predicted octanol–water partition coefficient (Wildman–Crippen LogP) is 2.40. The topological polar surface area (TPSA) is 245 Å². The molecular formula is C48H79NO18. The summed E-state index contributed by atoms with van der Waals surface area (Å²) in [6.45, 7) is 14.8. The monoisotopic (exact) mass is 958 g/mol. The number of likely N-dealkylation sites (N-methyl/N-ethyl adjacent to an activating group) is 1. The first-order valence-electron chi connectivity index (χ1n) is 23.6. The summed E-state index contributed by atoms with van der Waals surface area (Å²) in [5.74, 6) is -4.40. The van der Waals surface area contributed by atoms with Crippen molar-refractivity contribution in [1.29, 1.82) is 0 Å². The van der Waals surface area contributed by atoms with Crippen molar-refractivity contribution >= 4 is 24.0 Å². The molecular weight excluding hydrogens is 879 g/mol. The fourth-order valence-corrected chi connectivity index (χ4v) is 9.86. The van der Waals surface area contributed by atoms with E-state index in [0.717, 1.165) is 0 Å². The van der Waals surface area contributed by atoms with Crippen molar-refractivity contribution in [2.75, 3.05) is 34.9 Å². The van der Waals surface area contributed by atoms with Gasteiger partial charge in [-0.1, -0.05) is 38.5 Å². The highest BCUT2D eigenvalue weighted by Crippen LogP contribution is 2.38. The Morgan fingerprint density at radius 3 is 2.13 bits per heavy atom. The van der Waals surface area contributed by atoms with Gasteiger partial charge in [-0.25, -0.2) is 0 Å². The van der Waals surface area contributed by atoms with Crippen molar-refractivity contribution in [3.05, 3.63) is 23.8 Å². The molecule has 4 heterocycles. The van der Waals surface area contributed by atoms with Gasteiger partial charge < -0.3 is 77.5 Å². The first-order valence-corrected chi connectivity index (χ1v) is 23.6. The number of ketones is 1. The average Bonchev–Trinajstić information content (AvgIpc) is 3.25. The van der Waals surface area contributed by atoms with E-state index in [1.807, 2.05) is 13.0 Å². The number of allylic oxidation sites excluding steroid dienone is 3. The van der Waals surface area contributed by atoms with Gasteiger partial charge in [0.25, 0.3) is 0 Å². The summed E-state index contributed by atoms with van der Waals surface area (Å²) in [5.41, 5.74) is -0.838. The van der Waals surface area contributed by atoms with Gasteiger partial charge >= 0.3 is 11.9 Å². The molecule has 0 aromatic rings. The van der Waals surface area contributed by atoms with Crippen LogP contribution in [-0.4, -0.2) is 188 Å². The standard InChI is InChI=1S/C48H79NO18/c1-14-34-32(23-60-47-44(59-13)43(58-12)39(54)27(5)62-47)19-24(2)15-16-33(52)25(3)20-31(17-18-50)41(26(4)35(64-30(8)51)21-36(53)65-34)67-46-40(55)38(49(10)11)42(28(6)63-46)66-37-22-48(9,57)45(56)29(7)61-37/h15-16,18-19,25-29,31-32,34-35,37-47,54-57H,14,17,20-23H2,1-13H3/b16-15+,24-19+/t25-,26+,27?,28?,29?,31+,32-,34-,35-,37?,38?,39?,40?,41-,42?,43?,44?,45?,46?,47?,48?/m1/s1. The Labute approximate surface area is 395 Å². The molecule has 0 amide bonds. The summed E-state index contributed by atoms with van der Waals surface area (Å²) in [6.07, 6.45) is -8.72. The number of aliphatic hydroxyl groups is 4. The number of hydrogen-bond acceptors (Lipinski definition) is 19. The maximum absolute atomic E-state index is 14.1. The molecule has 0 bridgehead atoms. The van der Waals surface area contributed by atoms with Crippen LogP contribution in [0.1, 0.15) is 94.4 Å². The van der Waals surface area contributed by atoms with Gasteiger partial charge in [0, 0.05) is 51.7 Å². The van der Waals surface area contributed by atoms with Crippen LogP contribution >= 0.6 is 0 Å². The highest BCUT2D eigenvalue weighted by atomic mass is 16.7. The number of nitrogens with zero attached hydrogens (tertiary/aromatic N) is 1. The van der Waals surface area contributed by atoms with E-state index in [0.29, 0.717) is 18.3 Å². The third kappa shape index (κ3) is 14.6. The van der Waals surface area contributed by atoms with Crippen molar-refractivity contribution in [3.63, 3.8) is 0 Å². The number of methoxy groups -OCH3 is 2. The minimum Gasteiger partial charge on any atom is -0.462 e. The Hall–Kier alpha value is -2.76. The van der Waals surface area contributed by atoms with E-state index < -0.39 is 146 Å². The number of carbonyl (C=O) groups excluding carboxylic acids is 4. The second kappa shape index (κ2) is 25.4. The molecule has 14 unspecified atom stereocenters. The average molecular weight is 958 g/mol. The van der Waals surface area contributed by atoms with Crippen molar-refractivity contribution in [3.8, 4) is 0 Å². The summed E-state index contributed by atoms with van der Waals surface area (Å²) in [5, 5.41) is 44.2. The molecule has 19 nitrogen and oxygen atoms in total. The normalized spacial score (nSPS) is 44.3. The van der Waals surface area contributed by atoms with Gasteiger partial charge in [-0.15, -0.1) is 0 Å². The molecule has 21 atom stereocenters. The fourth-order valence-electron chi connectivity index (χ4n) is 9.86. The zero-order valence-electron chi connectivity index (χ0n) is 41.6. The van der Waals surface area contributed by atoms with Crippen LogP contribution in [0.3, 0.4) is 0 Å². The third-order valence-electron chi connectivity index (χ3n) is 13.7. The number of aliphatic hydroxyl groups excluding tert-OH is 3. The van der Waals surface area contributed by atoms with Crippen molar-refractivity contribution in [1.82, 2.24) is 4.90 Å². The van der Waals surface area contributed by atoms with Gasteiger partial charge in [-0.05, 0) is 73.5 Å². The molecule has 0 aromatic carbocycles. The van der Waals surface area contributed by atoms with Crippen molar-refractivity contribution < 1.29 is 87.0 Å². The van der Waals surface area contributed by atoms with Crippen molar-refractivity contribution in [2.24, 2.45) is 23.7 Å². The number of rotatable bonds is 14. The first-order chi connectivity index (χ1) is 31.5. The van der Waals surface area contributed by atoms with Crippen LogP contribution in [0.4, 0.5) is 0 Å². The van der Waals surface area contributed by atoms with Gasteiger partial charge in [-0.3, -0.25) is 14.4 Å². The van der Waals surface area contributed by atoms with Crippen LogP contribution in [0.2, 0.25) is 0 Å². The molecule has 4 N–H and O–H groups in total. The molecule has 0 aromatic heterocycles. The van der Waals surface area contributed by atoms with Crippen LogP contribution in [0.25, 0.3) is 0 Å². The van der Waals surface area contributed by atoms with Crippen molar-refractivity contribution in [2.45, 2.75) is 198 Å². The lowest BCUT2D eigenvalue weighted by Gasteiger charge is -2.50. The maximum Gasteiger partial charge on any atom is 0.309 e. The zero-order valence-corrected chi connectivity index (χ0v) is 41.6. The molecule has 4 aliphatic rings. The van der Waals surface area contributed by atoms with Gasteiger partial charge in [-0.2, -0.15) is 0 Å². The molecule has 3 fully saturated rings. The number of carbonyl (C=O) groups is 4.